The second-order valence-corrected chi connectivity index (χ2v) is 4.06. The van der Waals surface area contributed by atoms with Crippen LogP contribution in [0.25, 0.3) is 10.8 Å². The lowest BCUT2D eigenvalue weighted by molar-refractivity contribution is 0.0698. The van der Waals surface area contributed by atoms with Gasteiger partial charge in [-0.1, -0.05) is 35.4 Å². The van der Waals surface area contributed by atoms with E-state index in [0.717, 1.165) is 16.3 Å². The maximum atomic E-state index is 11.0. The first-order valence-electron chi connectivity index (χ1n) is 4.72. The normalized spacial score (nSPS) is 10.6. The first-order chi connectivity index (χ1) is 7.50. The number of benzene rings is 2. The van der Waals surface area contributed by atoms with Crippen molar-refractivity contribution in [2.75, 3.05) is 5.73 Å². The summed E-state index contributed by atoms with van der Waals surface area (Å²) in [6.07, 6.45) is 0. The van der Waals surface area contributed by atoms with E-state index >= 15 is 0 Å². The van der Waals surface area contributed by atoms with E-state index in [1.165, 1.54) is 0 Å². The monoisotopic (exact) mass is 235 g/mol. The lowest BCUT2D eigenvalue weighted by Crippen LogP contribution is -2.03. The number of halogens is 1. The molecule has 2 aromatic carbocycles. The average molecular weight is 236 g/mol. The topological polar surface area (TPSA) is 63.3 Å². The van der Waals surface area contributed by atoms with Gasteiger partial charge in [0.15, 0.2) is 0 Å². The van der Waals surface area contributed by atoms with Crippen LogP contribution < -0.4 is 5.73 Å². The maximum Gasteiger partial charge on any atom is 0.337 e. The van der Waals surface area contributed by atoms with E-state index in [1.807, 2.05) is 25.1 Å². The predicted molar refractivity (Wildman–Crippen MR) is 65.1 cm³/mol. The number of hydrogen-bond acceptors (Lipinski definition) is 2. The summed E-state index contributed by atoms with van der Waals surface area (Å²) in [5.41, 5.74) is 6.88. The van der Waals surface area contributed by atoms with Crippen molar-refractivity contribution in [3.63, 3.8) is 0 Å². The second-order valence-electron chi connectivity index (χ2n) is 3.68. The van der Waals surface area contributed by atoms with Crippen molar-refractivity contribution in [2.24, 2.45) is 0 Å². The van der Waals surface area contributed by atoms with Gasteiger partial charge in [-0.25, -0.2) is 4.79 Å². The molecule has 0 aromatic heterocycles. The predicted octanol–water partition coefficient (Wildman–Crippen LogP) is 3.08. The van der Waals surface area contributed by atoms with Crippen LogP contribution in [-0.2, 0) is 0 Å². The van der Waals surface area contributed by atoms with Crippen LogP contribution in [0.4, 0.5) is 5.69 Å². The van der Waals surface area contributed by atoms with Gasteiger partial charge < -0.3 is 10.8 Å². The zero-order valence-corrected chi connectivity index (χ0v) is 9.38. The average Bonchev–Trinajstić information content (AvgIpc) is 2.22. The van der Waals surface area contributed by atoms with Crippen LogP contribution in [0.5, 0.6) is 0 Å². The molecule has 82 valence electrons. The molecule has 0 amide bonds. The number of carboxylic acids is 1. The second kappa shape index (κ2) is 3.68. The Kier molecular flexibility index (Phi) is 2.48. The first kappa shape index (κ1) is 10.8. The third-order valence-corrected chi connectivity index (χ3v) is 2.91. The van der Waals surface area contributed by atoms with Crippen LogP contribution in [0.2, 0.25) is 5.02 Å². The molecule has 0 bridgehead atoms. The Morgan fingerprint density at radius 2 is 2.06 bits per heavy atom. The summed E-state index contributed by atoms with van der Waals surface area (Å²) in [6, 6.07) is 7.18. The summed E-state index contributed by atoms with van der Waals surface area (Å²) in [5.74, 6) is -1.07. The zero-order valence-electron chi connectivity index (χ0n) is 8.62. The molecule has 0 saturated carbocycles. The third-order valence-electron chi connectivity index (χ3n) is 2.50. The van der Waals surface area contributed by atoms with Gasteiger partial charge >= 0.3 is 5.97 Å². The van der Waals surface area contributed by atoms with Gasteiger partial charge in [0.2, 0.25) is 0 Å². The van der Waals surface area contributed by atoms with Gasteiger partial charge in [0.05, 0.1) is 16.3 Å². The van der Waals surface area contributed by atoms with Crippen LogP contribution in [0.1, 0.15) is 15.9 Å². The molecule has 0 unspecified atom stereocenters. The zero-order chi connectivity index (χ0) is 11.9. The van der Waals surface area contributed by atoms with Crippen LogP contribution in [-0.4, -0.2) is 11.1 Å². The van der Waals surface area contributed by atoms with E-state index in [0.29, 0.717) is 5.02 Å². The number of hydrogen-bond donors (Lipinski definition) is 2. The van der Waals surface area contributed by atoms with E-state index in [4.69, 9.17) is 22.4 Å². The molecule has 3 N–H and O–H groups in total. The van der Waals surface area contributed by atoms with E-state index in [2.05, 4.69) is 0 Å². The molecule has 0 radical (unpaired) electrons. The number of carbonyl (C=O) groups is 1. The molecular weight excluding hydrogens is 226 g/mol. The van der Waals surface area contributed by atoms with Crippen molar-refractivity contribution in [2.45, 2.75) is 6.92 Å². The van der Waals surface area contributed by atoms with Gasteiger partial charge in [-0.05, 0) is 18.4 Å². The minimum absolute atomic E-state index is 0.0445. The Morgan fingerprint density at radius 3 is 2.69 bits per heavy atom. The van der Waals surface area contributed by atoms with Crippen LogP contribution in [0, 0.1) is 6.92 Å². The van der Waals surface area contributed by atoms with Crippen LogP contribution >= 0.6 is 11.6 Å². The molecule has 16 heavy (non-hydrogen) atoms. The number of fused-ring (bicyclic) bond motifs is 1. The first-order valence-corrected chi connectivity index (χ1v) is 5.10. The minimum Gasteiger partial charge on any atom is -0.478 e. The number of nitrogen functional groups attached to an aromatic ring is 1. The van der Waals surface area contributed by atoms with Gasteiger partial charge in [0.25, 0.3) is 0 Å². The number of carboxylic acid groups (broad SMARTS) is 1. The molecule has 0 spiro atoms. The number of anilines is 1. The number of rotatable bonds is 1. The van der Waals surface area contributed by atoms with Crippen molar-refractivity contribution < 1.29 is 9.90 Å². The summed E-state index contributed by atoms with van der Waals surface area (Å²) in [4.78, 5) is 11.0. The Balaban J connectivity index is 2.88. The molecular formula is C12H10ClNO2. The number of aryl methyl sites for hydroxylation is 1. The standard InChI is InChI=1S/C12H10ClNO2/c1-6-2-3-8-7(4-6)5-9(12(15)16)11(14)10(8)13/h2-5H,14H2,1H3,(H,15,16). The lowest BCUT2D eigenvalue weighted by Gasteiger charge is -2.08. The highest BCUT2D eigenvalue weighted by Crippen LogP contribution is 2.32. The molecule has 0 atom stereocenters. The Hall–Kier alpha value is -1.74. The van der Waals surface area contributed by atoms with Gasteiger partial charge in [0.1, 0.15) is 0 Å². The molecule has 0 fully saturated rings. The maximum absolute atomic E-state index is 11.0. The van der Waals surface area contributed by atoms with Gasteiger partial charge in [-0.2, -0.15) is 0 Å². The minimum atomic E-state index is -1.07. The Morgan fingerprint density at radius 1 is 1.38 bits per heavy atom. The summed E-state index contributed by atoms with van der Waals surface area (Å²) in [7, 11) is 0. The Labute approximate surface area is 97.4 Å². The molecule has 0 aliphatic carbocycles. The molecule has 4 heteroatoms. The quantitative estimate of drug-likeness (QED) is 0.747. The summed E-state index contributed by atoms with van der Waals surface area (Å²) in [5, 5.41) is 10.8. The molecule has 2 rings (SSSR count). The molecule has 2 aromatic rings. The molecule has 0 aliphatic rings. The molecule has 3 nitrogen and oxygen atoms in total. The van der Waals surface area contributed by atoms with Crippen molar-refractivity contribution in [3.05, 3.63) is 40.4 Å². The van der Waals surface area contributed by atoms with E-state index < -0.39 is 5.97 Å². The van der Waals surface area contributed by atoms with Crippen molar-refractivity contribution in [1.29, 1.82) is 0 Å². The Bertz CT molecular complexity index is 593. The lowest BCUT2D eigenvalue weighted by atomic mass is 10.0. The highest BCUT2D eigenvalue weighted by atomic mass is 35.5. The van der Waals surface area contributed by atoms with Crippen molar-refractivity contribution in [1.82, 2.24) is 0 Å². The smallest absolute Gasteiger partial charge is 0.337 e. The van der Waals surface area contributed by atoms with E-state index in [1.54, 1.807) is 6.07 Å². The fraction of sp³-hybridized carbons (Fsp3) is 0.0833. The molecule has 0 saturated heterocycles. The van der Waals surface area contributed by atoms with Crippen molar-refractivity contribution in [3.8, 4) is 0 Å². The van der Waals surface area contributed by atoms with Crippen LogP contribution in [0.15, 0.2) is 24.3 Å². The highest BCUT2D eigenvalue weighted by Gasteiger charge is 2.14. The van der Waals surface area contributed by atoms with Gasteiger partial charge in [0, 0.05) is 5.39 Å². The molecule has 0 heterocycles. The van der Waals surface area contributed by atoms with Crippen molar-refractivity contribution >= 4 is 34.0 Å². The largest absolute Gasteiger partial charge is 0.478 e. The van der Waals surface area contributed by atoms with Gasteiger partial charge in [-0.3, -0.25) is 0 Å². The summed E-state index contributed by atoms with van der Waals surface area (Å²) < 4.78 is 0. The third kappa shape index (κ3) is 1.59. The van der Waals surface area contributed by atoms with Gasteiger partial charge in [-0.15, -0.1) is 0 Å². The fourth-order valence-corrected chi connectivity index (χ4v) is 1.95. The number of nitrogens with two attached hydrogens (primary N) is 1. The van der Waals surface area contributed by atoms with E-state index in [-0.39, 0.29) is 11.3 Å². The number of aromatic carboxylic acids is 1. The van der Waals surface area contributed by atoms with Crippen LogP contribution in [0.3, 0.4) is 0 Å². The highest BCUT2D eigenvalue weighted by molar-refractivity contribution is 6.39. The van der Waals surface area contributed by atoms with E-state index in [9.17, 15) is 4.79 Å². The SMILES string of the molecule is Cc1ccc2c(Cl)c(N)c(C(=O)O)cc2c1. The summed E-state index contributed by atoms with van der Waals surface area (Å²) in [6.45, 7) is 1.93. The fourth-order valence-electron chi connectivity index (χ4n) is 1.67. The summed E-state index contributed by atoms with van der Waals surface area (Å²) >= 11 is 6.04. The molecule has 0 aliphatic heterocycles.